The zero-order valence-corrected chi connectivity index (χ0v) is 55.1. The first-order valence-corrected chi connectivity index (χ1v) is 31.8. The van der Waals surface area contributed by atoms with Crippen LogP contribution < -0.4 is 52.4 Å². The van der Waals surface area contributed by atoms with Crippen LogP contribution in [-0.2, 0) is 79.8 Å². The number of aliphatic hydroxyl groups is 3. The number of rotatable bonds is 36. The van der Waals surface area contributed by atoms with Gasteiger partial charge in [-0.2, -0.15) is 0 Å². The van der Waals surface area contributed by atoms with E-state index in [2.05, 4.69) is 37.2 Å². The third-order valence-corrected chi connectivity index (χ3v) is 16.5. The minimum absolute atomic E-state index is 0.00398. The summed E-state index contributed by atoms with van der Waals surface area (Å²) in [7, 11) is 2.78. The lowest BCUT2D eigenvalue weighted by atomic mass is 9.72. The Morgan fingerprint density at radius 1 is 0.788 bits per heavy atom. The summed E-state index contributed by atoms with van der Waals surface area (Å²) < 4.78 is 44.8. The molecule has 1 fully saturated rings. The number of anilines is 1. The van der Waals surface area contributed by atoms with E-state index in [-0.39, 0.29) is 110 Å². The molecule has 0 spiro atoms. The number of Topliss-reactive ketones (excluding diaryl/α,β-unsaturated/α-hetero) is 1. The Hall–Kier alpha value is -9.68. The van der Waals surface area contributed by atoms with Gasteiger partial charge in [0.15, 0.2) is 24.5 Å². The topological polar surface area (TPSA) is 493 Å². The van der Waals surface area contributed by atoms with Crippen LogP contribution in [0.4, 0.5) is 15.3 Å². The van der Waals surface area contributed by atoms with E-state index in [0.29, 0.717) is 13.2 Å². The third-order valence-electron chi connectivity index (χ3n) is 16.5. The number of amides is 10. The van der Waals surface area contributed by atoms with Crippen LogP contribution >= 0.6 is 0 Å². The number of imide groups is 1. The molecular weight excluding hydrogens is 1310 g/mol. The number of primary amides is 1. The monoisotopic (exact) mass is 1390 g/mol. The minimum Gasteiger partial charge on any atom is -0.507 e. The third kappa shape index (κ3) is 20.0. The molecule has 3 aromatic rings. The Kier molecular flexibility index (Phi) is 27.7. The van der Waals surface area contributed by atoms with Crippen molar-refractivity contribution < 1.29 is 121 Å². The number of benzene rings is 3. The van der Waals surface area contributed by atoms with E-state index in [1.807, 2.05) is 0 Å². The number of hydrogen-bond acceptors (Lipinski definition) is 25. The quantitative estimate of drug-likeness (QED) is 0.0147. The summed E-state index contributed by atoms with van der Waals surface area (Å²) in [5.74, 6) is -9.60. The van der Waals surface area contributed by atoms with Crippen LogP contribution in [0.2, 0.25) is 0 Å². The molecule has 0 aromatic heterocycles. The van der Waals surface area contributed by atoms with Gasteiger partial charge in [0.25, 0.3) is 17.7 Å². The largest absolute Gasteiger partial charge is 0.507 e. The Balaban J connectivity index is 1.06. The van der Waals surface area contributed by atoms with Gasteiger partial charge in [-0.3, -0.25) is 52.8 Å². The van der Waals surface area contributed by atoms with E-state index in [9.17, 15) is 83.1 Å². The van der Waals surface area contributed by atoms with E-state index in [1.165, 1.54) is 57.5 Å². The molecule has 0 saturated carbocycles. The fourth-order valence-corrected chi connectivity index (χ4v) is 11.3. The highest BCUT2D eigenvalue weighted by Gasteiger charge is 2.51. The van der Waals surface area contributed by atoms with Crippen molar-refractivity contribution in [2.75, 3.05) is 92.0 Å². The van der Waals surface area contributed by atoms with Gasteiger partial charge >= 0.3 is 12.1 Å². The molecule has 99 heavy (non-hydrogen) atoms. The van der Waals surface area contributed by atoms with Crippen molar-refractivity contribution in [1.29, 1.82) is 0 Å². The number of ketones is 3. The summed E-state index contributed by atoms with van der Waals surface area (Å²) in [5.41, 5.74) is 0.611. The fourth-order valence-electron chi connectivity index (χ4n) is 11.3. The molecular formula is C65H83N9O25. The van der Waals surface area contributed by atoms with Gasteiger partial charge in [-0.25, -0.2) is 9.59 Å². The molecule has 0 radical (unpaired) electrons. The van der Waals surface area contributed by atoms with Gasteiger partial charge < -0.3 is 106 Å². The molecule has 0 bridgehead atoms. The zero-order chi connectivity index (χ0) is 72.3. The fraction of sp³-hybridized carbons (Fsp3) is 0.508. The summed E-state index contributed by atoms with van der Waals surface area (Å²) in [6.45, 7) is 2.83. The number of urea groups is 1. The summed E-state index contributed by atoms with van der Waals surface area (Å²) >= 11 is 0. The number of nitrogens with one attached hydrogen (secondary N) is 7. The second kappa shape index (κ2) is 35.7. The van der Waals surface area contributed by atoms with Crippen molar-refractivity contribution in [1.82, 2.24) is 36.8 Å². The number of aliphatic hydroxyl groups excluding tert-OH is 2. The van der Waals surface area contributed by atoms with Gasteiger partial charge in [0.2, 0.25) is 29.4 Å². The number of carbonyl (C=O) groups is 12. The predicted octanol–water partition coefficient (Wildman–Crippen LogP) is -1.02. The molecule has 1 saturated heterocycles. The maximum Gasteiger partial charge on any atom is 0.407 e. The van der Waals surface area contributed by atoms with E-state index in [4.69, 9.17) is 43.6 Å². The molecule has 2 aliphatic carbocycles. The highest BCUT2D eigenvalue weighted by Crippen LogP contribution is 2.52. The number of phenols is 2. The van der Waals surface area contributed by atoms with Gasteiger partial charge in [0, 0.05) is 105 Å². The number of carbonyl (C=O) groups excluding carboxylic acids is 12. The smallest absolute Gasteiger partial charge is 0.407 e. The molecule has 34 heteroatoms. The molecule has 8 atom stereocenters. The number of alkyl carbamates (subject to hydrolysis) is 1. The maximum atomic E-state index is 14.2. The van der Waals surface area contributed by atoms with Crippen LogP contribution in [-0.4, -0.2) is 230 Å². The lowest BCUT2D eigenvalue weighted by Gasteiger charge is -2.42. The molecule has 0 unspecified atom stereocenters. The number of phenolic OH excluding ortho intramolecular Hbond substituents is 2. The number of ether oxygens (including phenoxy) is 8. The van der Waals surface area contributed by atoms with Crippen LogP contribution in [0, 0.1) is 5.92 Å². The number of nitrogens with two attached hydrogens (primary N) is 1. The first-order valence-electron chi connectivity index (χ1n) is 31.8. The molecule has 34 nitrogen and oxygen atoms in total. The summed E-state index contributed by atoms with van der Waals surface area (Å²) in [4.78, 5) is 158. The SMILES string of the molecule is COCCOCCOCC(=O)N[C@H](C(=O)N[C@@H](CCCNC(N)=O)C(=O)Nc1ccc(COC(=O)N[C@H]2C[C@H](O[C@H]3C[C@](O)(C(=O)CO)Cc4c(O)c5c(c(O)c43)C(=O)c3c(OC)cccc3C5=O)O[C@@H](C)[C@H]2O)c(OCC(=O)NCCCNC(=O)CCN2C(=O)C=CC2=O)c1)C(C)C. The lowest BCUT2D eigenvalue weighted by molar-refractivity contribution is -0.249. The summed E-state index contributed by atoms with van der Waals surface area (Å²) in [6.07, 6.45) is -6.40. The van der Waals surface area contributed by atoms with Crippen LogP contribution in [0.25, 0.3) is 0 Å². The van der Waals surface area contributed by atoms with Crippen LogP contribution in [0.1, 0.15) is 114 Å². The Morgan fingerprint density at radius 3 is 2.16 bits per heavy atom. The number of methoxy groups -OCH3 is 2. The number of hydrogen-bond donors (Lipinski definition) is 13. The van der Waals surface area contributed by atoms with Gasteiger partial charge in [0.05, 0.1) is 68.5 Å². The molecule has 3 aromatic carbocycles. The minimum atomic E-state index is -2.49. The van der Waals surface area contributed by atoms with Crippen molar-refractivity contribution in [3.63, 3.8) is 0 Å². The highest BCUT2D eigenvalue weighted by molar-refractivity contribution is 6.31. The summed E-state index contributed by atoms with van der Waals surface area (Å²) in [5, 5.41) is 75.2. The van der Waals surface area contributed by atoms with Gasteiger partial charge in [-0.05, 0) is 50.3 Å². The predicted molar refractivity (Wildman–Crippen MR) is 342 cm³/mol. The number of nitrogens with zero attached hydrogens (tertiary/aromatic N) is 1. The molecule has 4 aliphatic rings. The molecule has 538 valence electrons. The van der Waals surface area contributed by atoms with Crippen molar-refractivity contribution >= 4 is 76.5 Å². The first-order chi connectivity index (χ1) is 47.2. The van der Waals surface area contributed by atoms with Crippen molar-refractivity contribution in [3.8, 4) is 23.0 Å². The first kappa shape index (κ1) is 76.7. The Morgan fingerprint density at radius 2 is 1.47 bits per heavy atom. The van der Waals surface area contributed by atoms with E-state index in [0.717, 1.165) is 17.1 Å². The van der Waals surface area contributed by atoms with E-state index < -0.39 is 193 Å². The van der Waals surface area contributed by atoms with Gasteiger partial charge in [0.1, 0.15) is 66.6 Å². The second-order valence-corrected chi connectivity index (χ2v) is 23.8. The molecule has 2 aliphatic heterocycles. The average molecular weight is 1390 g/mol. The Bertz CT molecular complexity index is 3550. The van der Waals surface area contributed by atoms with E-state index in [1.54, 1.807) is 13.8 Å². The molecule has 7 rings (SSSR count). The normalized spacial score (nSPS) is 19.8. The van der Waals surface area contributed by atoms with Crippen molar-refractivity contribution in [3.05, 3.63) is 87.5 Å². The van der Waals surface area contributed by atoms with Gasteiger partial charge in [-0.1, -0.05) is 26.0 Å². The molecule has 10 amide bonds. The van der Waals surface area contributed by atoms with Crippen LogP contribution in [0.3, 0.4) is 0 Å². The Labute approximate surface area is 567 Å². The second-order valence-electron chi connectivity index (χ2n) is 23.8. The standard InChI is InChI=1S/C65H83N9O25/c1-33(2)55(73-47(79)31-95-24-23-94-22-21-92-4)62(88)71-39(10-7-17-69-63(66)89)61(87)70-36-13-12-35(42(25-36)96-32-46(78)68-19-8-18-67-45(77)16-20-74-48(80)14-15-49(74)81)30-97-64(90)72-40-26-50(98-34(3)56(40)82)99-43-28-65(91,44(76)29-75)27-38-52(43)60(86)54-53(58(38)84)57(83)37-9-6-11-41(93-5)51(37)59(54)85/h6,9,11-15,25,33-34,39-40,43,50,55-56,75,82,84,86,91H,7-8,10,16-24,26-32H2,1-5H3,(H,67,77)(H,68,78)(H,70,87)(H,71,88)(H,72,90)(H,73,79)(H3,66,69,89)/t34-,39-,40-,43-,50-,55-,56+,65-/m0/s1. The molecule has 2 heterocycles. The zero-order valence-electron chi connectivity index (χ0n) is 55.1. The summed E-state index contributed by atoms with van der Waals surface area (Å²) in [6, 6.07) is 3.62. The van der Waals surface area contributed by atoms with Crippen LogP contribution in [0.5, 0.6) is 23.0 Å². The highest BCUT2D eigenvalue weighted by atomic mass is 16.7. The lowest BCUT2D eigenvalue weighted by Crippen LogP contribution is -2.56. The number of fused-ring (bicyclic) bond motifs is 3. The molecule has 14 N–H and O–H groups in total. The van der Waals surface area contributed by atoms with Crippen LogP contribution in [0.15, 0.2) is 48.6 Å². The van der Waals surface area contributed by atoms with Gasteiger partial charge in [-0.15, -0.1) is 0 Å². The average Bonchev–Trinajstić information content (AvgIpc) is 0.933. The van der Waals surface area contributed by atoms with Crippen molar-refractivity contribution in [2.24, 2.45) is 11.7 Å². The van der Waals surface area contributed by atoms with Crippen molar-refractivity contribution in [2.45, 2.75) is 121 Å². The number of aromatic hydroxyl groups is 2. The van der Waals surface area contributed by atoms with E-state index >= 15 is 0 Å². The maximum absolute atomic E-state index is 14.2.